The van der Waals surface area contributed by atoms with Crippen molar-refractivity contribution in [3.8, 4) is 0 Å². The molecule has 0 unspecified atom stereocenters. The lowest BCUT2D eigenvalue weighted by molar-refractivity contribution is -0.402. The molecule has 0 N–H and O–H groups in total. The van der Waals surface area contributed by atoms with Gasteiger partial charge in [0, 0.05) is 0 Å². The SMILES string of the molecule is CCCCCCCCC=C[N+](=O)[O-]. The van der Waals surface area contributed by atoms with Crippen molar-refractivity contribution in [3.05, 3.63) is 22.4 Å². The van der Waals surface area contributed by atoms with Gasteiger partial charge in [-0.2, -0.15) is 0 Å². The topological polar surface area (TPSA) is 43.1 Å². The van der Waals surface area contributed by atoms with Crippen LogP contribution >= 0.6 is 0 Å². The molecule has 76 valence electrons. The van der Waals surface area contributed by atoms with Crippen LogP contribution in [0.4, 0.5) is 0 Å². The second-order valence-electron chi connectivity index (χ2n) is 3.23. The van der Waals surface area contributed by atoms with Gasteiger partial charge in [-0.05, 0) is 18.9 Å². The molecule has 0 aliphatic heterocycles. The van der Waals surface area contributed by atoms with Crippen LogP contribution in [0.1, 0.15) is 51.9 Å². The van der Waals surface area contributed by atoms with Crippen molar-refractivity contribution < 1.29 is 4.92 Å². The van der Waals surface area contributed by atoms with E-state index in [4.69, 9.17) is 0 Å². The summed E-state index contributed by atoms with van der Waals surface area (Å²) in [5.41, 5.74) is 0. The third-order valence-electron chi connectivity index (χ3n) is 1.95. The lowest BCUT2D eigenvalue weighted by Crippen LogP contribution is -1.82. The molecular weight excluding hydrogens is 166 g/mol. The number of nitrogens with zero attached hydrogens (tertiary/aromatic N) is 1. The summed E-state index contributed by atoms with van der Waals surface area (Å²) in [6.45, 7) is 2.19. The zero-order chi connectivity index (χ0) is 9.94. The Labute approximate surface area is 80.0 Å². The molecule has 0 amide bonds. The molecule has 0 radical (unpaired) electrons. The zero-order valence-corrected chi connectivity index (χ0v) is 8.37. The molecule has 0 aromatic rings. The van der Waals surface area contributed by atoms with Gasteiger partial charge in [-0.3, -0.25) is 10.1 Å². The van der Waals surface area contributed by atoms with E-state index in [1.165, 1.54) is 32.1 Å². The normalized spacial score (nSPS) is 10.8. The summed E-state index contributed by atoms with van der Waals surface area (Å²) in [5, 5.41) is 9.89. The van der Waals surface area contributed by atoms with Crippen molar-refractivity contribution in [2.75, 3.05) is 0 Å². The predicted octanol–water partition coefficient (Wildman–Crippen LogP) is 3.53. The summed E-state index contributed by atoms with van der Waals surface area (Å²) < 4.78 is 0. The van der Waals surface area contributed by atoms with Gasteiger partial charge in [0.2, 0.25) is 6.20 Å². The Balaban J connectivity index is 3.03. The molecule has 0 saturated carbocycles. The lowest BCUT2D eigenvalue weighted by Gasteiger charge is -1.96. The van der Waals surface area contributed by atoms with E-state index in [1.54, 1.807) is 6.08 Å². The molecular formula is C10H19NO2. The van der Waals surface area contributed by atoms with E-state index >= 15 is 0 Å². The predicted molar refractivity (Wildman–Crippen MR) is 54.1 cm³/mol. The Hall–Kier alpha value is -0.860. The fourth-order valence-corrected chi connectivity index (χ4v) is 1.20. The highest BCUT2D eigenvalue weighted by Gasteiger charge is 1.89. The average molecular weight is 185 g/mol. The molecule has 0 aromatic heterocycles. The minimum atomic E-state index is -0.406. The Kier molecular flexibility index (Phi) is 8.62. The standard InChI is InChI=1S/C10H19NO2/c1-2-3-4-5-6-7-8-9-10-11(12)13/h9-10H,2-8H2,1H3. The molecule has 0 fully saturated rings. The monoisotopic (exact) mass is 185 g/mol. The van der Waals surface area contributed by atoms with Crippen molar-refractivity contribution in [2.24, 2.45) is 0 Å². The van der Waals surface area contributed by atoms with Gasteiger partial charge in [0.1, 0.15) is 0 Å². The minimum Gasteiger partial charge on any atom is -0.259 e. The zero-order valence-electron chi connectivity index (χ0n) is 8.37. The van der Waals surface area contributed by atoms with Gasteiger partial charge in [0.25, 0.3) is 0 Å². The summed E-state index contributed by atoms with van der Waals surface area (Å²) in [5.74, 6) is 0. The molecule has 0 aromatic carbocycles. The number of unbranched alkanes of at least 4 members (excludes halogenated alkanes) is 6. The van der Waals surface area contributed by atoms with Gasteiger partial charge in [0.15, 0.2) is 0 Å². The van der Waals surface area contributed by atoms with Gasteiger partial charge in [-0.15, -0.1) is 0 Å². The Morgan fingerprint density at radius 3 is 2.38 bits per heavy atom. The Morgan fingerprint density at radius 2 is 1.77 bits per heavy atom. The molecule has 0 rings (SSSR count). The van der Waals surface area contributed by atoms with Gasteiger partial charge >= 0.3 is 0 Å². The van der Waals surface area contributed by atoms with Gasteiger partial charge < -0.3 is 0 Å². The first-order valence-electron chi connectivity index (χ1n) is 5.07. The highest BCUT2D eigenvalue weighted by atomic mass is 16.6. The van der Waals surface area contributed by atoms with E-state index in [2.05, 4.69) is 6.92 Å². The van der Waals surface area contributed by atoms with E-state index in [0.29, 0.717) is 0 Å². The molecule has 0 aliphatic carbocycles. The summed E-state index contributed by atoms with van der Waals surface area (Å²) in [6.07, 6.45) is 10.9. The molecule has 0 atom stereocenters. The number of hydrogen-bond donors (Lipinski definition) is 0. The largest absolute Gasteiger partial charge is 0.259 e. The second-order valence-corrected chi connectivity index (χ2v) is 3.23. The molecule has 3 heteroatoms. The molecule has 0 heterocycles. The molecule has 0 saturated heterocycles. The third kappa shape index (κ3) is 11.1. The van der Waals surface area contributed by atoms with Crippen LogP contribution in [0.25, 0.3) is 0 Å². The fraction of sp³-hybridized carbons (Fsp3) is 0.800. The quantitative estimate of drug-likeness (QED) is 0.330. The molecule has 3 nitrogen and oxygen atoms in total. The maximum atomic E-state index is 9.89. The number of allylic oxidation sites excluding steroid dienone is 1. The molecule has 0 bridgehead atoms. The first-order chi connectivity index (χ1) is 6.27. The first kappa shape index (κ1) is 12.1. The van der Waals surface area contributed by atoms with Gasteiger partial charge in [-0.1, -0.05) is 39.0 Å². The highest BCUT2D eigenvalue weighted by molar-refractivity contribution is 4.71. The van der Waals surface area contributed by atoms with E-state index in [0.717, 1.165) is 19.0 Å². The van der Waals surface area contributed by atoms with Crippen LogP contribution in [0.15, 0.2) is 12.3 Å². The van der Waals surface area contributed by atoms with Crippen molar-refractivity contribution in [2.45, 2.75) is 51.9 Å². The maximum Gasteiger partial charge on any atom is 0.230 e. The van der Waals surface area contributed by atoms with Gasteiger partial charge in [0.05, 0.1) is 4.92 Å². The Morgan fingerprint density at radius 1 is 1.15 bits per heavy atom. The van der Waals surface area contributed by atoms with E-state index in [-0.39, 0.29) is 0 Å². The van der Waals surface area contributed by atoms with Gasteiger partial charge in [-0.25, -0.2) is 0 Å². The van der Waals surface area contributed by atoms with Crippen LogP contribution in [-0.2, 0) is 0 Å². The smallest absolute Gasteiger partial charge is 0.230 e. The molecule has 13 heavy (non-hydrogen) atoms. The van der Waals surface area contributed by atoms with Crippen LogP contribution < -0.4 is 0 Å². The van der Waals surface area contributed by atoms with Crippen molar-refractivity contribution in [3.63, 3.8) is 0 Å². The van der Waals surface area contributed by atoms with Crippen LogP contribution in [0.2, 0.25) is 0 Å². The minimum absolute atomic E-state index is 0.406. The van der Waals surface area contributed by atoms with E-state index in [1.807, 2.05) is 0 Å². The number of hydrogen-bond acceptors (Lipinski definition) is 2. The number of nitro groups is 1. The van der Waals surface area contributed by atoms with Crippen LogP contribution in [-0.4, -0.2) is 4.92 Å². The lowest BCUT2D eigenvalue weighted by atomic mass is 10.1. The fourth-order valence-electron chi connectivity index (χ4n) is 1.20. The first-order valence-corrected chi connectivity index (χ1v) is 5.07. The second kappa shape index (κ2) is 9.23. The van der Waals surface area contributed by atoms with Crippen molar-refractivity contribution in [1.29, 1.82) is 0 Å². The van der Waals surface area contributed by atoms with Crippen molar-refractivity contribution in [1.82, 2.24) is 0 Å². The van der Waals surface area contributed by atoms with Crippen LogP contribution in [0.3, 0.4) is 0 Å². The summed E-state index contributed by atoms with van der Waals surface area (Å²) >= 11 is 0. The molecule has 0 aliphatic rings. The van der Waals surface area contributed by atoms with E-state index < -0.39 is 4.92 Å². The van der Waals surface area contributed by atoms with Crippen LogP contribution in [0.5, 0.6) is 0 Å². The summed E-state index contributed by atoms with van der Waals surface area (Å²) in [4.78, 5) is 9.49. The maximum absolute atomic E-state index is 9.89. The Bertz CT molecular complexity index is 155. The third-order valence-corrected chi connectivity index (χ3v) is 1.95. The molecule has 0 spiro atoms. The summed E-state index contributed by atoms with van der Waals surface area (Å²) in [6, 6.07) is 0. The average Bonchev–Trinajstić information content (AvgIpc) is 2.09. The van der Waals surface area contributed by atoms with Crippen molar-refractivity contribution >= 4 is 0 Å². The summed E-state index contributed by atoms with van der Waals surface area (Å²) in [7, 11) is 0. The van der Waals surface area contributed by atoms with Crippen LogP contribution in [0, 0.1) is 10.1 Å². The number of rotatable bonds is 8. The van der Waals surface area contributed by atoms with E-state index in [9.17, 15) is 10.1 Å². The highest BCUT2D eigenvalue weighted by Crippen LogP contribution is 2.06.